The van der Waals surface area contributed by atoms with Crippen LogP contribution >= 0.6 is 0 Å². The minimum Gasteiger partial charge on any atom is -0.454 e. The maximum Gasteiger partial charge on any atom is 0.344 e. The van der Waals surface area contributed by atoms with E-state index in [1.165, 1.54) is 0 Å². The van der Waals surface area contributed by atoms with Gasteiger partial charge in [0.15, 0.2) is 11.5 Å². The first-order chi connectivity index (χ1) is 15.9. The highest BCUT2D eigenvalue weighted by molar-refractivity contribution is 6.08. The zero-order chi connectivity index (χ0) is 23.0. The van der Waals surface area contributed by atoms with Gasteiger partial charge in [-0.25, -0.2) is 4.79 Å². The van der Waals surface area contributed by atoms with Crippen molar-refractivity contribution in [3.63, 3.8) is 0 Å². The van der Waals surface area contributed by atoms with Crippen molar-refractivity contribution in [3.05, 3.63) is 23.8 Å². The summed E-state index contributed by atoms with van der Waals surface area (Å²) in [5.74, 6) is 1.44. The van der Waals surface area contributed by atoms with Crippen molar-refractivity contribution in [1.82, 2.24) is 25.6 Å². The van der Waals surface area contributed by atoms with Gasteiger partial charge < -0.3 is 14.8 Å². The molecule has 2 saturated heterocycles. The van der Waals surface area contributed by atoms with E-state index < -0.39 is 11.6 Å². The molecule has 1 saturated carbocycles. The molecule has 1 spiro atoms. The highest BCUT2D eigenvalue weighted by atomic mass is 16.7. The number of piperazine rings is 1. The summed E-state index contributed by atoms with van der Waals surface area (Å²) >= 11 is 0. The Labute approximate surface area is 193 Å². The maximum absolute atomic E-state index is 12.9. The molecule has 1 aliphatic carbocycles. The largest absolute Gasteiger partial charge is 0.454 e. The first-order valence-corrected chi connectivity index (χ1v) is 11.7. The van der Waals surface area contributed by atoms with Gasteiger partial charge in [0.2, 0.25) is 6.79 Å². The predicted molar refractivity (Wildman–Crippen MR) is 118 cm³/mol. The van der Waals surface area contributed by atoms with Gasteiger partial charge in [-0.15, -0.1) is 0 Å². The van der Waals surface area contributed by atoms with E-state index in [4.69, 9.17) is 9.47 Å². The zero-order valence-electron chi connectivity index (χ0n) is 19.0. The summed E-state index contributed by atoms with van der Waals surface area (Å²) < 4.78 is 10.8. The van der Waals surface area contributed by atoms with E-state index in [1.54, 1.807) is 0 Å². The van der Waals surface area contributed by atoms with Crippen molar-refractivity contribution in [2.75, 3.05) is 39.5 Å². The Hall–Kier alpha value is -2.85. The summed E-state index contributed by atoms with van der Waals surface area (Å²) in [7, 11) is 0. The Kier molecular flexibility index (Phi) is 5.88. The summed E-state index contributed by atoms with van der Waals surface area (Å²) in [6.45, 7) is 6.50. The molecular weight excluding hydrogens is 426 g/mol. The molecule has 3 heterocycles. The van der Waals surface area contributed by atoms with Crippen molar-refractivity contribution in [1.29, 1.82) is 0 Å². The van der Waals surface area contributed by atoms with Crippen LogP contribution in [0.15, 0.2) is 18.2 Å². The van der Waals surface area contributed by atoms with Gasteiger partial charge in [0.25, 0.3) is 11.8 Å². The standard InChI is InChI=1S/C23H31N5O5/c1-16-4-6-23(7-5-16)21(30)28(22(31)24-23)25-20(29)14-27-10-8-26(9-11-27)13-17-2-3-18-19(12-17)33-15-32-18/h2-3,12,16H,4-11,13-15H2,1H3,(H,24,31)(H,25,29). The quantitative estimate of drug-likeness (QED) is 0.638. The molecule has 0 bridgehead atoms. The van der Waals surface area contributed by atoms with Crippen LogP contribution < -0.4 is 20.2 Å². The van der Waals surface area contributed by atoms with Crippen LogP contribution in [0.25, 0.3) is 0 Å². The van der Waals surface area contributed by atoms with Crippen LogP contribution in [-0.2, 0) is 16.1 Å². The number of nitrogens with zero attached hydrogens (tertiary/aromatic N) is 3. The lowest BCUT2D eigenvalue weighted by atomic mass is 9.77. The van der Waals surface area contributed by atoms with Crippen molar-refractivity contribution >= 4 is 17.8 Å². The SMILES string of the molecule is CC1CCC2(CC1)NC(=O)N(NC(=O)CN1CCN(Cc3ccc4c(c3)OCO4)CC1)C2=O. The molecule has 10 heteroatoms. The van der Waals surface area contributed by atoms with Gasteiger partial charge in [0.1, 0.15) is 5.54 Å². The number of fused-ring (bicyclic) bond motifs is 1. The number of hydrazine groups is 1. The average molecular weight is 458 g/mol. The van der Waals surface area contributed by atoms with Crippen LogP contribution in [0.4, 0.5) is 4.79 Å². The van der Waals surface area contributed by atoms with Gasteiger partial charge in [0.05, 0.1) is 6.54 Å². The molecule has 0 unspecified atom stereocenters. The van der Waals surface area contributed by atoms with E-state index >= 15 is 0 Å². The number of benzene rings is 1. The lowest BCUT2D eigenvalue weighted by Crippen LogP contribution is -2.54. The van der Waals surface area contributed by atoms with Crippen LogP contribution in [0.1, 0.15) is 38.2 Å². The van der Waals surface area contributed by atoms with Gasteiger partial charge in [-0.3, -0.25) is 24.8 Å². The normalized spacial score (nSPS) is 27.8. The monoisotopic (exact) mass is 457 g/mol. The Morgan fingerprint density at radius 3 is 2.55 bits per heavy atom. The highest BCUT2D eigenvalue weighted by Gasteiger charge is 2.52. The van der Waals surface area contributed by atoms with E-state index in [2.05, 4.69) is 22.6 Å². The molecule has 3 aliphatic heterocycles. The number of hydrogen-bond donors (Lipinski definition) is 2. The maximum atomic E-state index is 12.9. The number of nitrogens with one attached hydrogen (secondary N) is 2. The molecular formula is C23H31N5O5. The van der Waals surface area contributed by atoms with Crippen molar-refractivity contribution < 1.29 is 23.9 Å². The fourth-order valence-electron chi connectivity index (χ4n) is 5.08. The summed E-state index contributed by atoms with van der Waals surface area (Å²) in [6, 6.07) is 5.47. The lowest BCUT2D eigenvalue weighted by molar-refractivity contribution is -0.140. The fourth-order valence-corrected chi connectivity index (χ4v) is 5.08. The van der Waals surface area contributed by atoms with Crippen LogP contribution in [0, 0.1) is 5.92 Å². The summed E-state index contributed by atoms with van der Waals surface area (Å²) in [6.07, 6.45) is 3.03. The number of urea groups is 1. The molecule has 3 fully saturated rings. The molecule has 1 aromatic carbocycles. The minimum absolute atomic E-state index is 0.152. The second-order valence-corrected chi connectivity index (χ2v) is 9.61. The second kappa shape index (κ2) is 8.83. The van der Waals surface area contributed by atoms with Crippen molar-refractivity contribution in [2.45, 2.75) is 44.7 Å². The third-order valence-corrected chi connectivity index (χ3v) is 7.20. The number of carbonyl (C=O) groups is 3. The third-order valence-electron chi connectivity index (χ3n) is 7.20. The number of carbonyl (C=O) groups excluding carboxylic acids is 3. The average Bonchev–Trinajstić information content (AvgIpc) is 3.35. The lowest BCUT2D eigenvalue weighted by Gasteiger charge is -2.34. The van der Waals surface area contributed by atoms with E-state index in [0.717, 1.165) is 67.6 Å². The van der Waals surface area contributed by atoms with Crippen LogP contribution in [-0.4, -0.2) is 77.7 Å². The first kappa shape index (κ1) is 22.0. The molecule has 4 amide bonds. The van der Waals surface area contributed by atoms with E-state index in [-0.39, 0.29) is 25.2 Å². The zero-order valence-corrected chi connectivity index (χ0v) is 19.0. The Balaban J connectivity index is 1.08. The highest BCUT2D eigenvalue weighted by Crippen LogP contribution is 2.36. The predicted octanol–water partition coefficient (Wildman–Crippen LogP) is 1.06. The Morgan fingerprint density at radius 2 is 1.79 bits per heavy atom. The molecule has 10 nitrogen and oxygen atoms in total. The van der Waals surface area contributed by atoms with Gasteiger partial charge >= 0.3 is 6.03 Å². The van der Waals surface area contributed by atoms with E-state index in [0.29, 0.717) is 18.8 Å². The molecule has 2 N–H and O–H groups in total. The van der Waals surface area contributed by atoms with Crippen LogP contribution in [0.3, 0.4) is 0 Å². The van der Waals surface area contributed by atoms with Crippen LogP contribution in [0.2, 0.25) is 0 Å². The van der Waals surface area contributed by atoms with E-state index in [9.17, 15) is 14.4 Å². The van der Waals surface area contributed by atoms with Gasteiger partial charge in [-0.2, -0.15) is 5.01 Å². The number of hydrogen-bond acceptors (Lipinski definition) is 7. The van der Waals surface area contributed by atoms with Crippen LogP contribution in [0.5, 0.6) is 11.5 Å². The summed E-state index contributed by atoms with van der Waals surface area (Å²) in [4.78, 5) is 42.3. The molecule has 5 rings (SSSR count). The molecule has 0 atom stereocenters. The molecule has 1 aromatic rings. The topological polar surface area (TPSA) is 103 Å². The molecule has 0 radical (unpaired) electrons. The Morgan fingerprint density at radius 1 is 1.09 bits per heavy atom. The summed E-state index contributed by atoms with van der Waals surface area (Å²) in [5, 5.41) is 3.71. The van der Waals surface area contributed by atoms with Crippen molar-refractivity contribution in [2.24, 2.45) is 5.92 Å². The van der Waals surface area contributed by atoms with Gasteiger partial charge in [-0.1, -0.05) is 13.0 Å². The molecule has 33 heavy (non-hydrogen) atoms. The molecule has 4 aliphatic rings. The first-order valence-electron chi connectivity index (χ1n) is 11.7. The number of amides is 4. The number of ether oxygens (including phenoxy) is 2. The Bertz CT molecular complexity index is 937. The smallest absolute Gasteiger partial charge is 0.344 e. The summed E-state index contributed by atoms with van der Waals surface area (Å²) in [5.41, 5.74) is 2.85. The van der Waals surface area contributed by atoms with Gasteiger partial charge in [0, 0.05) is 32.7 Å². The molecule has 178 valence electrons. The number of imide groups is 1. The second-order valence-electron chi connectivity index (χ2n) is 9.61. The van der Waals surface area contributed by atoms with Gasteiger partial charge in [-0.05, 0) is 49.3 Å². The third kappa shape index (κ3) is 4.49. The minimum atomic E-state index is -0.850. The fraction of sp³-hybridized carbons (Fsp3) is 0.609. The van der Waals surface area contributed by atoms with E-state index in [1.807, 2.05) is 23.1 Å². The molecule has 0 aromatic heterocycles. The number of rotatable bonds is 5. The van der Waals surface area contributed by atoms with Crippen molar-refractivity contribution in [3.8, 4) is 11.5 Å².